The maximum Gasteiger partial charge on any atom is 0.431 e. The zero-order valence-corrected chi connectivity index (χ0v) is 9.62. The zero-order chi connectivity index (χ0) is 12.9. The Labute approximate surface area is 101 Å². The predicted molar refractivity (Wildman–Crippen MR) is 64.6 cm³/mol. The van der Waals surface area contributed by atoms with Crippen molar-refractivity contribution in [3.63, 3.8) is 0 Å². The molecule has 3 rings (SSSR count). The van der Waals surface area contributed by atoms with Crippen LogP contribution in [-0.2, 0) is 6.18 Å². The molecule has 0 radical (unpaired) electrons. The summed E-state index contributed by atoms with van der Waals surface area (Å²) in [6, 6.07) is 9.99. The smallest absolute Gasteiger partial charge is 0.312 e. The first-order valence-electron chi connectivity index (χ1n) is 5.54. The molecular formula is C14H10F3N. The highest BCUT2D eigenvalue weighted by molar-refractivity contribution is 5.96. The summed E-state index contributed by atoms with van der Waals surface area (Å²) in [5.74, 6) is 0. The van der Waals surface area contributed by atoms with Gasteiger partial charge in [-0.2, -0.15) is 13.2 Å². The number of aryl methyl sites for hydroxylation is 1. The van der Waals surface area contributed by atoms with E-state index in [0.29, 0.717) is 10.9 Å². The van der Waals surface area contributed by atoms with Crippen LogP contribution >= 0.6 is 0 Å². The first-order chi connectivity index (χ1) is 8.47. The molecule has 0 saturated heterocycles. The van der Waals surface area contributed by atoms with Crippen molar-refractivity contribution in [3.05, 3.63) is 53.9 Å². The molecule has 0 fully saturated rings. The fourth-order valence-corrected chi connectivity index (χ4v) is 2.26. The fraction of sp³-hybridized carbons (Fsp3) is 0.143. The van der Waals surface area contributed by atoms with E-state index < -0.39 is 11.9 Å². The van der Waals surface area contributed by atoms with E-state index in [-0.39, 0.29) is 0 Å². The molecule has 2 heterocycles. The lowest BCUT2D eigenvalue weighted by Gasteiger charge is -2.12. The van der Waals surface area contributed by atoms with E-state index in [1.807, 2.05) is 19.1 Å². The second-order valence-electron chi connectivity index (χ2n) is 4.38. The van der Waals surface area contributed by atoms with Crippen molar-refractivity contribution in [2.24, 2.45) is 0 Å². The van der Waals surface area contributed by atoms with Crippen LogP contribution in [0.25, 0.3) is 16.3 Å². The minimum atomic E-state index is -4.35. The van der Waals surface area contributed by atoms with E-state index in [4.69, 9.17) is 0 Å². The number of nitrogens with zero attached hydrogens (tertiary/aromatic N) is 1. The van der Waals surface area contributed by atoms with Gasteiger partial charge in [-0.1, -0.05) is 17.7 Å². The van der Waals surface area contributed by atoms with Gasteiger partial charge in [-0.05, 0) is 36.6 Å². The van der Waals surface area contributed by atoms with Crippen LogP contribution in [0.4, 0.5) is 13.2 Å². The summed E-state index contributed by atoms with van der Waals surface area (Å²) >= 11 is 0. The van der Waals surface area contributed by atoms with Crippen molar-refractivity contribution in [1.82, 2.24) is 4.40 Å². The summed E-state index contributed by atoms with van der Waals surface area (Å²) in [4.78, 5) is 0. The molecule has 1 nitrogen and oxygen atoms in total. The lowest BCUT2D eigenvalue weighted by molar-refractivity contribution is -0.141. The summed E-state index contributed by atoms with van der Waals surface area (Å²) in [5, 5.41) is 1.45. The molecule has 0 saturated carbocycles. The molecule has 0 atom stereocenters. The predicted octanol–water partition coefficient (Wildman–Crippen LogP) is 4.42. The van der Waals surface area contributed by atoms with Crippen molar-refractivity contribution in [2.75, 3.05) is 0 Å². The number of halogens is 3. The van der Waals surface area contributed by atoms with Crippen LogP contribution in [0, 0.1) is 6.92 Å². The summed E-state index contributed by atoms with van der Waals surface area (Å²) in [6.45, 7) is 1.93. The number of alkyl halides is 3. The van der Waals surface area contributed by atoms with Gasteiger partial charge in [0, 0.05) is 11.6 Å². The van der Waals surface area contributed by atoms with E-state index in [1.54, 1.807) is 18.2 Å². The molecule has 0 amide bonds. The van der Waals surface area contributed by atoms with Crippen molar-refractivity contribution in [2.45, 2.75) is 13.1 Å². The molecule has 0 N–H and O–H groups in total. The highest BCUT2D eigenvalue weighted by Crippen LogP contribution is 2.34. The minimum Gasteiger partial charge on any atom is -0.312 e. The van der Waals surface area contributed by atoms with Gasteiger partial charge in [-0.25, -0.2) is 0 Å². The number of rotatable bonds is 0. The van der Waals surface area contributed by atoms with Crippen LogP contribution in [0.5, 0.6) is 0 Å². The van der Waals surface area contributed by atoms with Crippen LogP contribution in [0.2, 0.25) is 0 Å². The van der Waals surface area contributed by atoms with Gasteiger partial charge < -0.3 is 4.40 Å². The highest BCUT2D eigenvalue weighted by atomic mass is 19.4. The van der Waals surface area contributed by atoms with Gasteiger partial charge in [-0.15, -0.1) is 0 Å². The quantitative estimate of drug-likeness (QED) is 0.555. The molecule has 0 aliphatic carbocycles. The number of aromatic nitrogens is 1. The molecule has 18 heavy (non-hydrogen) atoms. The van der Waals surface area contributed by atoms with E-state index >= 15 is 0 Å². The van der Waals surface area contributed by atoms with Gasteiger partial charge in [0.05, 0.1) is 5.52 Å². The van der Waals surface area contributed by atoms with Gasteiger partial charge in [0.15, 0.2) is 0 Å². The van der Waals surface area contributed by atoms with Gasteiger partial charge in [0.1, 0.15) is 5.69 Å². The first-order valence-corrected chi connectivity index (χ1v) is 5.54. The third kappa shape index (κ3) is 1.56. The molecule has 0 spiro atoms. The second kappa shape index (κ2) is 3.51. The molecule has 1 aromatic carbocycles. The van der Waals surface area contributed by atoms with Crippen LogP contribution in [-0.4, -0.2) is 4.40 Å². The summed E-state index contributed by atoms with van der Waals surface area (Å²) < 4.78 is 40.1. The fourth-order valence-electron chi connectivity index (χ4n) is 2.26. The maximum atomic E-state index is 13.0. The third-order valence-electron chi connectivity index (χ3n) is 3.08. The Balaban J connectivity index is 2.51. The molecule has 3 aromatic rings. The van der Waals surface area contributed by atoms with Crippen molar-refractivity contribution >= 4 is 16.3 Å². The van der Waals surface area contributed by atoms with Gasteiger partial charge in [0.2, 0.25) is 0 Å². The number of pyridine rings is 1. The van der Waals surface area contributed by atoms with E-state index in [2.05, 4.69) is 0 Å². The lowest BCUT2D eigenvalue weighted by atomic mass is 10.1. The summed E-state index contributed by atoms with van der Waals surface area (Å²) in [7, 11) is 0. The molecule has 0 bridgehead atoms. The number of hydrogen-bond acceptors (Lipinski definition) is 0. The Morgan fingerprint density at radius 3 is 2.56 bits per heavy atom. The van der Waals surface area contributed by atoms with Gasteiger partial charge >= 0.3 is 6.18 Å². The lowest BCUT2D eigenvalue weighted by Crippen LogP contribution is -2.11. The third-order valence-corrected chi connectivity index (χ3v) is 3.08. The van der Waals surface area contributed by atoms with Gasteiger partial charge in [0.25, 0.3) is 0 Å². The molecule has 4 heteroatoms. The number of fused-ring (bicyclic) bond motifs is 3. The largest absolute Gasteiger partial charge is 0.431 e. The Kier molecular flexibility index (Phi) is 2.17. The van der Waals surface area contributed by atoms with Crippen LogP contribution in [0.3, 0.4) is 0 Å². The van der Waals surface area contributed by atoms with Crippen LogP contribution in [0.15, 0.2) is 42.6 Å². The minimum absolute atomic E-state index is 0.587. The number of benzene rings is 1. The van der Waals surface area contributed by atoms with E-state index in [0.717, 1.165) is 10.9 Å². The maximum absolute atomic E-state index is 13.0. The standard InChI is InChI=1S/C14H10F3N/c1-9-4-5-10-8-13(14(15,16)17)18-6-2-3-12(18)11(10)7-9/h2-8H,1H3. The van der Waals surface area contributed by atoms with Gasteiger partial charge in [-0.3, -0.25) is 0 Å². The molecule has 0 aliphatic heterocycles. The molecule has 0 aliphatic rings. The molecular weight excluding hydrogens is 239 g/mol. The Bertz CT molecular complexity index is 738. The molecule has 0 unspecified atom stereocenters. The normalized spacial score (nSPS) is 12.4. The van der Waals surface area contributed by atoms with E-state index in [9.17, 15) is 13.2 Å². The SMILES string of the molecule is Cc1ccc2cc(C(F)(F)F)n3cccc3c2c1. The van der Waals surface area contributed by atoms with Crippen molar-refractivity contribution in [1.29, 1.82) is 0 Å². The second-order valence-corrected chi connectivity index (χ2v) is 4.38. The monoisotopic (exact) mass is 249 g/mol. The van der Waals surface area contributed by atoms with Crippen molar-refractivity contribution in [3.8, 4) is 0 Å². The zero-order valence-electron chi connectivity index (χ0n) is 9.62. The van der Waals surface area contributed by atoms with Crippen LogP contribution in [0.1, 0.15) is 11.3 Å². The molecule has 92 valence electrons. The summed E-state index contributed by atoms with van der Waals surface area (Å²) in [5.41, 5.74) is 0.979. The number of hydrogen-bond donors (Lipinski definition) is 0. The Hall–Kier alpha value is -1.97. The average Bonchev–Trinajstić information content (AvgIpc) is 2.75. The molecule has 2 aromatic heterocycles. The first kappa shape index (κ1) is 11.1. The Morgan fingerprint density at radius 1 is 1.06 bits per heavy atom. The average molecular weight is 249 g/mol. The van der Waals surface area contributed by atoms with Crippen molar-refractivity contribution < 1.29 is 13.2 Å². The topological polar surface area (TPSA) is 4.41 Å². The highest BCUT2D eigenvalue weighted by Gasteiger charge is 2.33. The van der Waals surface area contributed by atoms with E-state index in [1.165, 1.54) is 16.7 Å². The summed E-state index contributed by atoms with van der Waals surface area (Å²) in [6.07, 6.45) is -2.91. The Morgan fingerprint density at radius 2 is 1.83 bits per heavy atom. The van der Waals surface area contributed by atoms with Crippen LogP contribution < -0.4 is 0 Å².